The zero-order valence-corrected chi connectivity index (χ0v) is 14.2. The summed E-state index contributed by atoms with van der Waals surface area (Å²) in [5.41, 5.74) is 0.946. The van der Waals surface area contributed by atoms with Gasteiger partial charge in [0.2, 0.25) is 15.9 Å². The molecule has 124 valence electrons. The summed E-state index contributed by atoms with van der Waals surface area (Å²) < 4.78 is 32.2. The smallest absolute Gasteiger partial charge is 0.243 e. The molecule has 0 spiro atoms. The van der Waals surface area contributed by atoms with Crippen LogP contribution in [0.5, 0.6) is 0 Å². The van der Waals surface area contributed by atoms with Crippen molar-refractivity contribution in [1.82, 2.24) is 14.4 Å². The van der Waals surface area contributed by atoms with E-state index in [0.717, 1.165) is 18.4 Å². The number of sulfonamides is 1. The molecule has 1 saturated heterocycles. The molecular formula is C16H21N3O3S. The van der Waals surface area contributed by atoms with Crippen LogP contribution in [0.2, 0.25) is 0 Å². The Bertz CT molecular complexity index is 785. The maximum atomic E-state index is 12.8. The van der Waals surface area contributed by atoms with Gasteiger partial charge in [-0.3, -0.25) is 0 Å². The van der Waals surface area contributed by atoms with Crippen LogP contribution in [0, 0.1) is 19.8 Å². The minimum Gasteiger partial charge on any atom is -0.340 e. The number of hydrogen-bond acceptors (Lipinski definition) is 5. The lowest BCUT2D eigenvalue weighted by Gasteiger charge is -2.31. The molecular weight excluding hydrogens is 314 g/mol. The molecule has 3 rings (SSSR count). The summed E-state index contributed by atoms with van der Waals surface area (Å²) >= 11 is 0. The minimum atomic E-state index is -3.44. The van der Waals surface area contributed by atoms with E-state index in [2.05, 4.69) is 10.1 Å². The van der Waals surface area contributed by atoms with Gasteiger partial charge in [-0.05, 0) is 43.4 Å². The highest BCUT2D eigenvalue weighted by Crippen LogP contribution is 2.25. The number of aryl methyl sites for hydroxylation is 2. The maximum absolute atomic E-state index is 12.8. The van der Waals surface area contributed by atoms with Crippen molar-refractivity contribution in [3.8, 4) is 0 Å². The molecule has 7 heteroatoms. The van der Waals surface area contributed by atoms with Gasteiger partial charge < -0.3 is 4.52 Å². The van der Waals surface area contributed by atoms with Crippen LogP contribution in [-0.4, -0.2) is 36.0 Å². The van der Waals surface area contributed by atoms with Gasteiger partial charge in [-0.25, -0.2) is 8.42 Å². The molecule has 0 N–H and O–H groups in total. The fraction of sp³-hybridized carbons (Fsp3) is 0.500. The first kappa shape index (κ1) is 16.1. The molecule has 1 aromatic carbocycles. The van der Waals surface area contributed by atoms with Gasteiger partial charge in [-0.15, -0.1) is 0 Å². The lowest BCUT2D eigenvalue weighted by atomic mass is 9.96. The van der Waals surface area contributed by atoms with Crippen LogP contribution in [0.3, 0.4) is 0 Å². The third kappa shape index (κ3) is 3.61. The fourth-order valence-electron chi connectivity index (χ4n) is 3.02. The van der Waals surface area contributed by atoms with Gasteiger partial charge in [0.25, 0.3) is 0 Å². The van der Waals surface area contributed by atoms with Crippen LogP contribution < -0.4 is 0 Å². The Labute approximate surface area is 136 Å². The van der Waals surface area contributed by atoms with Gasteiger partial charge in [-0.2, -0.15) is 9.29 Å². The molecule has 2 heterocycles. The highest BCUT2D eigenvalue weighted by Gasteiger charge is 2.30. The van der Waals surface area contributed by atoms with Gasteiger partial charge in [0.1, 0.15) is 0 Å². The number of aromatic nitrogens is 2. The third-order valence-electron chi connectivity index (χ3n) is 4.15. The fourth-order valence-corrected chi connectivity index (χ4v) is 4.68. The highest BCUT2D eigenvalue weighted by molar-refractivity contribution is 7.89. The van der Waals surface area contributed by atoms with Crippen LogP contribution in [0.1, 0.15) is 30.1 Å². The van der Waals surface area contributed by atoms with E-state index in [1.54, 1.807) is 29.4 Å². The summed E-state index contributed by atoms with van der Waals surface area (Å²) in [5.74, 6) is 1.42. The number of nitrogens with zero attached hydrogens (tertiary/aromatic N) is 3. The van der Waals surface area contributed by atoms with Gasteiger partial charge in [-0.1, -0.05) is 17.3 Å². The summed E-state index contributed by atoms with van der Waals surface area (Å²) in [4.78, 5) is 4.59. The Kier molecular flexibility index (Phi) is 4.50. The van der Waals surface area contributed by atoms with Crippen LogP contribution in [0.4, 0.5) is 0 Å². The summed E-state index contributed by atoms with van der Waals surface area (Å²) in [6, 6.07) is 7.07. The van der Waals surface area contributed by atoms with E-state index in [-0.39, 0.29) is 5.92 Å². The van der Waals surface area contributed by atoms with Gasteiger partial charge in [0.05, 0.1) is 4.90 Å². The third-order valence-corrected chi connectivity index (χ3v) is 6.01. The van der Waals surface area contributed by atoms with Crippen LogP contribution in [-0.2, 0) is 16.4 Å². The lowest BCUT2D eigenvalue weighted by molar-refractivity contribution is 0.261. The molecule has 2 aromatic rings. The molecule has 1 atom stereocenters. The van der Waals surface area contributed by atoms with Crippen molar-refractivity contribution in [2.75, 3.05) is 13.1 Å². The number of rotatable bonds is 4. The number of hydrogen-bond donors (Lipinski definition) is 0. The van der Waals surface area contributed by atoms with Crippen molar-refractivity contribution in [2.24, 2.45) is 5.92 Å². The zero-order valence-electron chi connectivity index (χ0n) is 13.4. The summed E-state index contributed by atoms with van der Waals surface area (Å²) in [5, 5.41) is 3.91. The predicted octanol–water partition coefficient (Wildman–Crippen LogP) is 2.33. The molecule has 23 heavy (non-hydrogen) atoms. The first-order valence-electron chi connectivity index (χ1n) is 7.81. The average molecular weight is 335 g/mol. The van der Waals surface area contributed by atoms with E-state index < -0.39 is 10.0 Å². The molecule has 0 radical (unpaired) electrons. The topological polar surface area (TPSA) is 76.3 Å². The van der Waals surface area contributed by atoms with E-state index >= 15 is 0 Å². The van der Waals surface area contributed by atoms with E-state index in [1.165, 1.54) is 0 Å². The van der Waals surface area contributed by atoms with Crippen LogP contribution in [0.15, 0.2) is 33.7 Å². The molecule has 0 amide bonds. The molecule has 6 nitrogen and oxygen atoms in total. The van der Waals surface area contributed by atoms with Gasteiger partial charge in [0, 0.05) is 26.4 Å². The van der Waals surface area contributed by atoms with E-state index in [9.17, 15) is 8.42 Å². The largest absolute Gasteiger partial charge is 0.340 e. The molecule has 1 aliphatic rings. The lowest BCUT2D eigenvalue weighted by Crippen LogP contribution is -2.40. The minimum absolute atomic E-state index is 0.223. The molecule has 0 saturated carbocycles. The summed E-state index contributed by atoms with van der Waals surface area (Å²) in [7, 11) is -3.44. The van der Waals surface area contributed by atoms with Crippen molar-refractivity contribution >= 4 is 10.0 Å². The number of piperidine rings is 1. The van der Waals surface area contributed by atoms with Crippen molar-refractivity contribution < 1.29 is 12.9 Å². The van der Waals surface area contributed by atoms with Gasteiger partial charge >= 0.3 is 0 Å². The Balaban J connectivity index is 1.75. The molecule has 1 aromatic heterocycles. The van der Waals surface area contributed by atoms with Crippen LogP contribution in [0.25, 0.3) is 0 Å². The Morgan fingerprint density at radius 3 is 2.87 bits per heavy atom. The summed E-state index contributed by atoms with van der Waals surface area (Å²) in [6.45, 7) is 4.73. The predicted molar refractivity (Wildman–Crippen MR) is 85.4 cm³/mol. The van der Waals surface area contributed by atoms with E-state index in [0.29, 0.717) is 36.1 Å². The van der Waals surface area contributed by atoms with E-state index in [4.69, 9.17) is 4.52 Å². The van der Waals surface area contributed by atoms with Crippen molar-refractivity contribution in [3.05, 3.63) is 41.5 Å². The Hall–Kier alpha value is -1.73. The molecule has 0 bridgehead atoms. The second-order valence-corrected chi connectivity index (χ2v) is 8.06. The first-order valence-corrected chi connectivity index (χ1v) is 9.25. The Morgan fingerprint density at radius 1 is 1.35 bits per heavy atom. The monoisotopic (exact) mass is 335 g/mol. The second-order valence-electron chi connectivity index (χ2n) is 6.12. The normalized spacial score (nSPS) is 19.8. The molecule has 1 fully saturated rings. The van der Waals surface area contributed by atoms with Crippen LogP contribution >= 0.6 is 0 Å². The SMILES string of the molecule is Cc1cccc(S(=O)(=O)N2CCCC(Cc3noc(C)n3)C2)c1. The van der Waals surface area contributed by atoms with Gasteiger partial charge in [0.15, 0.2) is 5.82 Å². The number of benzene rings is 1. The maximum Gasteiger partial charge on any atom is 0.243 e. The van der Waals surface area contributed by atoms with E-state index in [1.807, 2.05) is 13.0 Å². The zero-order chi connectivity index (χ0) is 16.4. The highest BCUT2D eigenvalue weighted by atomic mass is 32.2. The first-order chi connectivity index (χ1) is 10.9. The average Bonchev–Trinajstić information content (AvgIpc) is 2.92. The summed E-state index contributed by atoms with van der Waals surface area (Å²) in [6.07, 6.45) is 2.48. The van der Waals surface area contributed by atoms with Crippen molar-refractivity contribution in [2.45, 2.75) is 38.0 Å². The molecule has 1 aliphatic heterocycles. The second kappa shape index (κ2) is 6.41. The van der Waals surface area contributed by atoms with Crippen molar-refractivity contribution in [1.29, 1.82) is 0 Å². The van der Waals surface area contributed by atoms with Crippen molar-refractivity contribution in [3.63, 3.8) is 0 Å². The Morgan fingerprint density at radius 2 is 2.17 bits per heavy atom. The molecule has 1 unspecified atom stereocenters. The quantitative estimate of drug-likeness (QED) is 0.857. The molecule has 0 aliphatic carbocycles. The standard InChI is InChI=1S/C16H21N3O3S/c1-12-5-3-7-15(9-12)23(20,21)19-8-4-6-14(11-19)10-16-17-13(2)22-18-16/h3,5,7,9,14H,4,6,8,10-11H2,1-2H3.